The number of sulfonamides is 1. The number of hydrogen-bond donors (Lipinski definition) is 1. The highest BCUT2D eigenvalue weighted by Crippen LogP contribution is 2.25. The first-order chi connectivity index (χ1) is 10.7. The van der Waals surface area contributed by atoms with Gasteiger partial charge in [-0.1, -0.05) is 26.0 Å². The lowest BCUT2D eigenvalue weighted by atomic mass is 9.85. The molecule has 0 aromatic heterocycles. The Kier molecular flexibility index (Phi) is 5.06. The van der Waals surface area contributed by atoms with Crippen molar-refractivity contribution in [2.24, 2.45) is 0 Å². The van der Waals surface area contributed by atoms with E-state index in [-0.39, 0.29) is 11.4 Å². The van der Waals surface area contributed by atoms with Gasteiger partial charge in [-0.25, -0.2) is 17.5 Å². The van der Waals surface area contributed by atoms with Crippen molar-refractivity contribution in [2.75, 3.05) is 13.7 Å². The van der Waals surface area contributed by atoms with Crippen LogP contribution in [0.25, 0.3) is 0 Å². The SMILES string of the molecule is COc1ccc(C(C)(C)CNS(=O)(=O)c2ccc(F)cc2)cc1. The smallest absolute Gasteiger partial charge is 0.240 e. The van der Waals surface area contributed by atoms with Gasteiger partial charge in [-0.2, -0.15) is 0 Å². The number of rotatable bonds is 6. The molecule has 0 heterocycles. The van der Waals surface area contributed by atoms with Gasteiger partial charge in [0, 0.05) is 12.0 Å². The van der Waals surface area contributed by atoms with E-state index in [9.17, 15) is 12.8 Å². The zero-order valence-corrected chi connectivity index (χ0v) is 14.2. The predicted molar refractivity (Wildman–Crippen MR) is 87.6 cm³/mol. The highest BCUT2D eigenvalue weighted by Gasteiger charge is 2.24. The molecule has 2 rings (SSSR count). The Balaban J connectivity index is 2.12. The van der Waals surface area contributed by atoms with Crippen LogP contribution in [0.4, 0.5) is 4.39 Å². The molecule has 0 aliphatic heterocycles. The second kappa shape index (κ2) is 6.68. The summed E-state index contributed by atoms with van der Waals surface area (Å²) in [6, 6.07) is 12.2. The van der Waals surface area contributed by atoms with E-state index in [2.05, 4.69) is 4.72 Å². The lowest BCUT2D eigenvalue weighted by Crippen LogP contribution is -2.36. The number of hydrogen-bond acceptors (Lipinski definition) is 3. The molecule has 0 saturated heterocycles. The summed E-state index contributed by atoms with van der Waals surface area (Å²) in [5.41, 5.74) is 0.583. The van der Waals surface area contributed by atoms with Crippen molar-refractivity contribution < 1.29 is 17.5 Å². The zero-order chi connectivity index (χ0) is 17.1. The van der Waals surface area contributed by atoms with Gasteiger partial charge in [-0.15, -0.1) is 0 Å². The second-order valence-electron chi connectivity index (χ2n) is 5.89. The third kappa shape index (κ3) is 4.30. The third-order valence-corrected chi connectivity index (χ3v) is 5.12. The van der Waals surface area contributed by atoms with Crippen molar-refractivity contribution in [1.82, 2.24) is 4.72 Å². The molecule has 0 aliphatic rings. The fourth-order valence-corrected chi connectivity index (χ4v) is 3.33. The molecule has 4 nitrogen and oxygen atoms in total. The first kappa shape index (κ1) is 17.4. The summed E-state index contributed by atoms with van der Waals surface area (Å²) in [5, 5.41) is 0. The maximum Gasteiger partial charge on any atom is 0.240 e. The van der Waals surface area contributed by atoms with Gasteiger partial charge in [0.2, 0.25) is 10.0 Å². The summed E-state index contributed by atoms with van der Waals surface area (Å²) in [7, 11) is -2.08. The van der Waals surface area contributed by atoms with Gasteiger partial charge in [0.05, 0.1) is 12.0 Å². The van der Waals surface area contributed by atoms with Gasteiger partial charge in [0.1, 0.15) is 11.6 Å². The van der Waals surface area contributed by atoms with Crippen LogP contribution in [0.2, 0.25) is 0 Å². The number of ether oxygens (including phenoxy) is 1. The molecule has 1 N–H and O–H groups in total. The van der Waals surface area contributed by atoms with Crippen LogP contribution in [0.15, 0.2) is 53.4 Å². The maximum atomic E-state index is 12.9. The molecule has 124 valence electrons. The van der Waals surface area contributed by atoms with E-state index in [1.807, 2.05) is 38.1 Å². The van der Waals surface area contributed by atoms with E-state index >= 15 is 0 Å². The van der Waals surface area contributed by atoms with Crippen LogP contribution >= 0.6 is 0 Å². The fourth-order valence-electron chi connectivity index (χ4n) is 2.12. The molecule has 0 fully saturated rings. The van der Waals surface area contributed by atoms with Crippen LogP contribution < -0.4 is 9.46 Å². The predicted octanol–water partition coefficient (Wildman–Crippen LogP) is 3.09. The van der Waals surface area contributed by atoms with E-state index in [1.165, 1.54) is 12.1 Å². The molecule has 0 atom stereocenters. The molecule has 0 amide bonds. The van der Waals surface area contributed by atoms with Crippen molar-refractivity contribution in [1.29, 1.82) is 0 Å². The lowest BCUT2D eigenvalue weighted by molar-refractivity contribution is 0.414. The number of methoxy groups -OCH3 is 1. The number of nitrogens with one attached hydrogen (secondary N) is 1. The maximum absolute atomic E-state index is 12.9. The average molecular weight is 337 g/mol. The molecule has 6 heteroatoms. The molecule has 2 aromatic carbocycles. The summed E-state index contributed by atoms with van der Waals surface area (Å²) in [4.78, 5) is 0.0458. The third-order valence-electron chi connectivity index (χ3n) is 3.70. The summed E-state index contributed by atoms with van der Waals surface area (Å²) in [6.07, 6.45) is 0. The zero-order valence-electron chi connectivity index (χ0n) is 13.3. The minimum Gasteiger partial charge on any atom is -0.497 e. The molecule has 0 radical (unpaired) electrons. The van der Waals surface area contributed by atoms with Crippen LogP contribution in [-0.4, -0.2) is 22.1 Å². The average Bonchev–Trinajstić information content (AvgIpc) is 2.54. The van der Waals surface area contributed by atoms with Gasteiger partial charge < -0.3 is 4.74 Å². The highest BCUT2D eigenvalue weighted by molar-refractivity contribution is 7.89. The Morgan fingerprint density at radius 3 is 2.13 bits per heavy atom. The van der Waals surface area contributed by atoms with Gasteiger partial charge in [0.15, 0.2) is 0 Å². The van der Waals surface area contributed by atoms with Crippen LogP contribution in [0.1, 0.15) is 19.4 Å². The Bertz CT molecular complexity index is 753. The van der Waals surface area contributed by atoms with Crippen molar-refractivity contribution in [2.45, 2.75) is 24.2 Å². The standard InChI is InChI=1S/C17H20FNO3S/c1-17(2,13-4-8-15(22-3)9-5-13)12-19-23(20,21)16-10-6-14(18)7-11-16/h4-11,19H,12H2,1-3H3. The van der Waals surface area contributed by atoms with Crippen molar-refractivity contribution in [3.05, 3.63) is 59.9 Å². The van der Waals surface area contributed by atoms with Gasteiger partial charge >= 0.3 is 0 Å². The summed E-state index contributed by atoms with van der Waals surface area (Å²) < 4.78 is 45.1. The quantitative estimate of drug-likeness (QED) is 0.881. The minimum atomic E-state index is -3.67. The molecular formula is C17H20FNO3S. The molecule has 0 aliphatic carbocycles. The Morgan fingerprint density at radius 1 is 1.04 bits per heavy atom. The Morgan fingerprint density at radius 2 is 1.61 bits per heavy atom. The molecule has 0 spiro atoms. The summed E-state index contributed by atoms with van der Waals surface area (Å²) in [6.45, 7) is 4.11. The van der Waals surface area contributed by atoms with Crippen LogP contribution in [0, 0.1) is 5.82 Å². The van der Waals surface area contributed by atoms with E-state index < -0.39 is 21.3 Å². The number of benzene rings is 2. The molecular weight excluding hydrogens is 317 g/mol. The highest BCUT2D eigenvalue weighted by atomic mass is 32.2. The summed E-state index contributed by atoms with van der Waals surface area (Å²) >= 11 is 0. The van der Waals surface area contributed by atoms with Crippen molar-refractivity contribution in [3.63, 3.8) is 0 Å². The normalized spacial score (nSPS) is 12.2. The van der Waals surface area contributed by atoms with E-state index in [4.69, 9.17) is 4.74 Å². The Labute approximate surface area is 136 Å². The first-order valence-corrected chi connectivity index (χ1v) is 8.63. The van der Waals surface area contributed by atoms with Crippen LogP contribution in [0.3, 0.4) is 0 Å². The fraction of sp³-hybridized carbons (Fsp3) is 0.294. The molecule has 0 unspecified atom stereocenters. The lowest BCUT2D eigenvalue weighted by Gasteiger charge is -2.25. The van der Waals surface area contributed by atoms with Crippen LogP contribution in [0.5, 0.6) is 5.75 Å². The summed E-state index contributed by atoms with van der Waals surface area (Å²) in [5.74, 6) is 0.277. The van der Waals surface area contributed by atoms with Gasteiger partial charge in [-0.05, 0) is 42.0 Å². The monoisotopic (exact) mass is 337 g/mol. The van der Waals surface area contributed by atoms with Crippen molar-refractivity contribution in [3.8, 4) is 5.75 Å². The van der Waals surface area contributed by atoms with Gasteiger partial charge in [0.25, 0.3) is 0 Å². The minimum absolute atomic E-state index is 0.0458. The molecule has 23 heavy (non-hydrogen) atoms. The van der Waals surface area contributed by atoms with E-state index in [1.54, 1.807) is 7.11 Å². The number of halogens is 1. The van der Waals surface area contributed by atoms with Crippen LogP contribution in [-0.2, 0) is 15.4 Å². The van der Waals surface area contributed by atoms with E-state index in [0.29, 0.717) is 0 Å². The first-order valence-electron chi connectivity index (χ1n) is 7.14. The van der Waals surface area contributed by atoms with E-state index in [0.717, 1.165) is 23.4 Å². The molecule has 2 aromatic rings. The van der Waals surface area contributed by atoms with Gasteiger partial charge in [-0.3, -0.25) is 0 Å². The molecule has 0 saturated carbocycles. The Hall–Kier alpha value is -1.92. The molecule has 0 bridgehead atoms. The largest absolute Gasteiger partial charge is 0.497 e. The van der Waals surface area contributed by atoms with Crippen molar-refractivity contribution >= 4 is 10.0 Å². The second-order valence-corrected chi connectivity index (χ2v) is 7.66. The topological polar surface area (TPSA) is 55.4 Å².